The summed E-state index contributed by atoms with van der Waals surface area (Å²) in [6, 6.07) is 3.92. The van der Waals surface area contributed by atoms with Crippen LogP contribution in [-0.2, 0) is 0 Å². The van der Waals surface area contributed by atoms with Gasteiger partial charge in [0, 0.05) is 0 Å². The highest BCUT2D eigenvalue weighted by atomic mass is 19.4. The van der Waals surface area contributed by atoms with Gasteiger partial charge in [-0.2, -0.15) is 13.2 Å². The van der Waals surface area contributed by atoms with Gasteiger partial charge in [0.2, 0.25) is 0 Å². The first-order valence-electron chi connectivity index (χ1n) is 4.77. The minimum Gasteiger partial charge on any atom is -0.465 e. The standard InChI is InChI=1S/C11H8F3NO2/c12-11(13,14)9-6-5-7-3-1-2-4-8(7)15(9)10(16)17/h1-6,9H,(H,16,17). The molecule has 1 aliphatic heterocycles. The quantitative estimate of drug-likeness (QED) is 0.760. The average Bonchev–Trinajstić information content (AvgIpc) is 2.26. The lowest BCUT2D eigenvalue weighted by Crippen LogP contribution is -2.48. The maximum atomic E-state index is 12.7. The van der Waals surface area contributed by atoms with Crippen molar-refractivity contribution in [3.63, 3.8) is 0 Å². The van der Waals surface area contributed by atoms with Crippen molar-refractivity contribution < 1.29 is 23.1 Å². The molecule has 90 valence electrons. The first-order chi connectivity index (χ1) is 7.91. The van der Waals surface area contributed by atoms with Crippen molar-refractivity contribution in [3.8, 4) is 0 Å². The van der Waals surface area contributed by atoms with E-state index in [0.717, 1.165) is 6.08 Å². The van der Waals surface area contributed by atoms with Gasteiger partial charge in [-0.15, -0.1) is 0 Å². The molecule has 1 amide bonds. The fourth-order valence-corrected chi connectivity index (χ4v) is 1.76. The number of halogens is 3. The normalized spacial score (nSPS) is 19.0. The van der Waals surface area contributed by atoms with E-state index >= 15 is 0 Å². The van der Waals surface area contributed by atoms with Crippen LogP contribution in [0.2, 0.25) is 0 Å². The Morgan fingerprint density at radius 1 is 1.29 bits per heavy atom. The Balaban J connectivity index is 2.53. The molecule has 0 radical (unpaired) electrons. The van der Waals surface area contributed by atoms with Gasteiger partial charge in [-0.25, -0.2) is 4.79 Å². The minimum absolute atomic E-state index is 0.0461. The van der Waals surface area contributed by atoms with Crippen molar-refractivity contribution in [3.05, 3.63) is 35.9 Å². The lowest BCUT2D eigenvalue weighted by molar-refractivity contribution is -0.137. The molecule has 6 heteroatoms. The number of rotatable bonds is 0. The molecule has 2 rings (SSSR count). The average molecular weight is 243 g/mol. The molecule has 0 spiro atoms. The molecule has 1 atom stereocenters. The van der Waals surface area contributed by atoms with Gasteiger partial charge in [-0.1, -0.05) is 30.4 Å². The monoisotopic (exact) mass is 243 g/mol. The summed E-state index contributed by atoms with van der Waals surface area (Å²) in [7, 11) is 0. The summed E-state index contributed by atoms with van der Waals surface area (Å²) in [6.07, 6.45) is -4.12. The maximum Gasteiger partial charge on any atom is 0.412 e. The summed E-state index contributed by atoms with van der Waals surface area (Å²) < 4.78 is 38.1. The summed E-state index contributed by atoms with van der Waals surface area (Å²) >= 11 is 0. The van der Waals surface area contributed by atoms with Gasteiger partial charge < -0.3 is 5.11 Å². The summed E-state index contributed by atoms with van der Waals surface area (Å²) in [5.74, 6) is 0. The van der Waals surface area contributed by atoms with E-state index in [4.69, 9.17) is 5.11 Å². The van der Waals surface area contributed by atoms with Crippen LogP contribution in [0.3, 0.4) is 0 Å². The van der Waals surface area contributed by atoms with Crippen LogP contribution in [0.5, 0.6) is 0 Å². The highest BCUT2D eigenvalue weighted by Gasteiger charge is 2.46. The Labute approximate surface area is 94.8 Å². The van der Waals surface area contributed by atoms with Gasteiger partial charge in [0.1, 0.15) is 0 Å². The summed E-state index contributed by atoms with van der Waals surface area (Å²) in [4.78, 5) is 11.3. The van der Waals surface area contributed by atoms with Gasteiger partial charge in [-0.05, 0) is 11.6 Å². The largest absolute Gasteiger partial charge is 0.465 e. The van der Waals surface area contributed by atoms with E-state index in [1.165, 1.54) is 18.2 Å². The van der Waals surface area contributed by atoms with Crippen LogP contribution < -0.4 is 4.90 Å². The smallest absolute Gasteiger partial charge is 0.412 e. The van der Waals surface area contributed by atoms with Gasteiger partial charge in [-0.3, -0.25) is 4.90 Å². The van der Waals surface area contributed by atoms with E-state index in [0.29, 0.717) is 10.5 Å². The highest BCUT2D eigenvalue weighted by Crippen LogP contribution is 2.36. The van der Waals surface area contributed by atoms with E-state index in [-0.39, 0.29) is 5.69 Å². The van der Waals surface area contributed by atoms with E-state index in [2.05, 4.69) is 0 Å². The third-order valence-electron chi connectivity index (χ3n) is 2.47. The lowest BCUT2D eigenvalue weighted by Gasteiger charge is -2.32. The summed E-state index contributed by atoms with van der Waals surface area (Å²) in [5.41, 5.74) is 0.500. The molecule has 1 aromatic rings. The molecule has 1 aromatic carbocycles. The van der Waals surface area contributed by atoms with E-state index in [1.807, 2.05) is 0 Å². The molecule has 1 heterocycles. The molecular weight excluding hydrogens is 235 g/mol. The third kappa shape index (κ3) is 1.98. The molecule has 1 unspecified atom stereocenters. The Bertz CT molecular complexity index is 482. The molecule has 0 aliphatic carbocycles. The summed E-state index contributed by atoms with van der Waals surface area (Å²) in [6.45, 7) is 0. The molecule has 0 aromatic heterocycles. The van der Waals surface area contributed by atoms with Crippen LogP contribution in [-0.4, -0.2) is 23.4 Å². The number of amides is 1. The van der Waals surface area contributed by atoms with Crippen LogP contribution in [0.15, 0.2) is 30.3 Å². The molecule has 0 bridgehead atoms. The number of hydrogen-bond donors (Lipinski definition) is 1. The number of nitrogens with zero attached hydrogens (tertiary/aromatic N) is 1. The minimum atomic E-state index is -4.62. The van der Waals surface area contributed by atoms with Crippen LogP contribution in [0.1, 0.15) is 5.56 Å². The highest BCUT2D eigenvalue weighted by molar-refractivity contribution is 5.92. The number of alkyl halides is 3. The van der Waals surface area contributed by atoms with Crippen molar-refractivity contribution in [1.82, 2.24) is 0 Å². The predicted molar refractivity (Wildman–Crippen MR) is 55.8 cm³/mol. The van der Waals surface area contributed by atoms with Crippen LogP contribution in [0.4, 0.5) is 23.7 Å². The SMILES string of the molecule is O=C(O)N1c2ccccc2C=CC1C(F)(F)F. The van der Waals surface area contributed by atoms with Gasteiger partial charge in [0.25, 0.3) is 0 Å². The van der Waals surface area contributed by atoms with Gasteiger partial charge in [0.15, 0.2) is 6.04 Å². The van der Waals surface area contributed by atoms with Crippen LogP contribution >= 0.6 is 0 Å². The predicted octanol–water partition coefficient (Wildman–Crippen LogP) is 3.13. The molecule has 1 N–H and O–H groups in total. The van der Waals surface area contributed by atoms with Crippen LogP contribution in [0, 0.1) is 0 Å². The maximum absolute atomic E-state index is 12.7. The Kier molecular flexibility index (Phi) is 2.57. The number of benzene rings is 1. The fraction of sp³-hybridized carbons (Fsp3) is 0.182. The zero-order valence-corrected chi connectivity index (χ0v) is 8.48. The second-order valence-corrected chi connectivity index (χ2v) is 3.56. The number of carbonyl (C=O) groups is 1. The number of hydrogen-bond acceptors (Lipinski definition) is 1. The number of carboxylic acid groups (broad SMARTS) is 1. The zero-order chi connectivity index (χ0) is 12.6. The molecule has 0 saturated carbocycles. The van der Waals surface area contributed by atoms with Crippen LogP contribution in [0.25, 0.3) is 6.08 Å². The molecule has 0 saturated heterocycles. The lowest BCUT2D eigenvalue weighted by atomic mass is 10.0. The number of fused-ring (bicyclic) bond motifs is 1. The Morgan fingerprint density at radius 3 is 2.53 bits per heavy atom. The summed E-state index contributed by atoms with van der Waals surface area (Å²) in [5, 5.41) is 8.91. The molecule has 3 nitrogen and oxygen atoms in total. The van der Waals surface area contributed by atoms with Crippen molar-refractivity contribution in [2.24, 2.45) is 0 Å². The first kappa shape index (κ1) is 11.5. The van der Waals surface area contributed by atoms with Gasteiger partial charge in [0.05, 0.1) is 5.69 Å². The molecule has 17 heavy (non-hydrogen) atoms. The first-order valence-corrected chi connectivity index (χ1v) is 4.77. The fourth-order valence-electron chi connectivity index (χ4n) is 1.76. The number of anilines is 1. The molecular formula is C11H8F3NO2. The molecule has 1 aliphatic rings. The number of para-hydroxylation sites is 1. The third-order valence-corrected chi connectivity index (χ3v) is 2.47. The van der Waals surface area contributed by atoms with Crippen molar-refractivity contribution >= 4 is 17.9 Å². The van der Waals surface area contributed by atoms with Crippen molar-refractivity contribution in [2.75, 3.05) is 4.90 Å². The Morgan fingerprint density at radius 2 is 1.94 bits per heavy atom. The van der Waals surface area contributed by atoms with E-state index in [1.54, 1.807) is 12.1 Å². The topological polar surface area (TPSA) is 40.5 Å². The van der Waals surface area contributed by atoms with Crippen molar-refractivity contribution in [1.29, 1.82) is 0 Å². The zero-order valence-electron chi connectivity index (χ0n) is 8.48. The van der Waals surface area contributed by atoms with Gasteiger partial charge >= 0.3 is 12.3 Å². The van der Waals surface area contributed by atoms with E-state index < -0.39 is 18.3 Å². The van der Waals surface area contributed by atoms with Crippen molar-refractivity contribution in [2.45, 2.75) is 12.2 Å². The Hall–Kier alpha value is -1.98. The molecule has 0 fully saturated rings. The second-order valence-electron chi connectivity index (χ2n) is 3.56. The second kappa shape index (κ2) is 3.80. The van der Waals surface area contributed by atoms with E-state index in [9.17, 15) is 18.0 Å².